The Labute approximate surface area is 225 Å². The Morgan fingerprint density at radius 3 is 2.32 bits per heavy atom. The number of carbonyl (C=O) groups excluding carboxylic acids is 2. The summed E-state index contributed by atoms with van der Waals surface area (Å²) in [7, 11) is -1.93. The lowest BCUT2D eigenvalue weighted by Crippen LogP contribution is -2.48. The van der Waals surface area contributed by atoms with E-state index in [9.17, 15) is 18.0 Å². The van der Waals surface area contributed by atoms with E-state index in [2.05, 4.69) is 10.0 Å². The molecule has 0 radical (unpaired) electrons. The van der Waals surface area contributed by atoms with Crippen LogP contribution in [0.25, 0.3) is 0 Å². The molecule has 1 aliphatic carbocycles. The molecule has 0 spiro atoms. The molecular formula is C28H39N3O6S. The highest BCUT2D eigenvalue weighted by Crippen LogP contribution is 2.22. The molecule has 208 valence electrons. The largest absolute Gasteiger partial charge is 0.497 e. The molecule has 2 aromatic rings. The zero-order valence-corrected chi connectivity index (χ0v) is 23.3. The Bertz CT molecular complexity index is 1150. The second-order valence-electron chi connectivity index (χ2n) is 9.43. The molecule has 0 aromatic heterocycles. The topological polar surface area (TPSA) is 114 Å². The molecule has 0 bridgehead atoms. The summed E-state index contributed by atoms with van der Waals surface area (Å²) in [6.45, 7) is 5.59. The van der Waals surface area contributed by atoms with Gasteiger partial charge in [0.15, 0.2) is 0 Å². The van der Waals surface area contributed by atoms with E-state index < -0.39 is 16.1 Å². The molecule has 9 nitrogen and oxygen atoms in total. The molecule has 1 aliphatic rings. The van der Waals surface area contributed by atoms with Gasteiger partial charge in [-0.2, -0.15) is 0 Å². The number of hydrogen-bond donors (Lipinski definition) is 2. The summed E-state index contributed by atoms with van der Waals surface area (Å²) in [6, 6.07) is 13.4. The third kappa shape index (κ3) is 9.11. The van der Waals surface area contributed by atoms with Crippen molar-refractivity contribution in [2.45, 2.75) is 69.5 Å². The van der Waals surface area contributed by atoms with Crippen LogP contribution in [0.5, 0.6) is 5.75 Å². The van der Waals surface area contributed by atoms with Crippen LogP contribution in [0.2, 0.25) is 0 Å². The van der Waals surface area contributed by atoms with Gasteiger partial charge in [-0.15, -0.1) is 0 Å². The predicted octanol–water partition coefficient (Wildman–Crippen LogP) is 3.03. The third-order valence-electron chi connectivity index (χ3n) is 6.41. The summed E-state index contributed by atoms with van der Waals surface area (Å²) in [5.74, 6) is 0.329. The van der Waals surface area contributed by atoms with Crippen LogP contribution >= 0.6 is 0 Å². The first-order valence-corrected chi connectivity index (χ1v) is 14.6. The van der Waals surface area contributed by atoms with E-state index in [1.807, 2.05) is 31.2 Å². The molecule has 0 saturated heterocycles. The molecule has 1 fully saturated rings. The Balaban J connectivity index is 1.64. The summed E-state index contributed by atoms with van der Waals surface area (Å²) in [5, 5.41) is 2.90. The van der Waals surface area contributed by atoms with Gasteiger partial charge in [-0.1, -0.05) is 24.3 Å². The number of rotatable bonds is 16. The van der Waals surface area contributed by atoms with E-state index in [1.54, 1.807) is 43.2 Å². The van der Waals surface area contributed by atoms with Gasteiger partial charge in [-0.05, 0) is 74.9 Å². The highest BCUT2D eigenvalue weighted by molar-refractivity contribution is 7.89. The summed E-state index contributed by atoms with van der Waals surface area (Å²) < 4.78 is 38.0. The van der Waals surface area contributed by atoms with Gasteiger partial charge in [-0.3, -0.25) is 9.59 Å². The zero-order chi connectivity index (χ0) is 27.5. The average molecular weight is 546 g/mol. The van der Waals surface area contributed by atoms with Crippen molar-refractivity contribution >= 4 is 21.8 Å². The second-order valence-corrected chi connectivity index (χ2v) is 11.1. The Hall–Kier alpha value is -2.95. The van der Waals surface area contributed by atoms with Crippen LogP contribution in [-0.2, 0) is 37.3 Å². The fourth-order valence-electron chi connectivity index (χ4n) is 3.91. The van der Waals surface area contributed by atoms with Crippen LogP contribution in [0.4, 0.5) is 0 Å². The molecule has 0 heterocycles. The average Bonchev–Trinajstić information content (AvgIpc) is 3.73. The van der Waals surface area contributed by atoms with Gasteiger partial charge in [0.2, 0.25) is 21.8 Å². The van der Waals surface area contributed by atoms with E-state index in [-0.39, 0.29) is 35.7 Å². The summed E-state index contributed by atoms with van der Waals surface area (Å²) in [5.41, 5.74) is 1.73. The quantitative estimate of drug-likeness (QED) is 0.314. The number of sulfonamides is 1. The molecule has 0 unspecified atom stereocenters. The first-order valence-electron chi connectivity index (χ1n) is 13.1. The molecule has 2 aromatic carbocycles. The second kappa shape index (κ2) is 14.3. The summed E-state index contributed by atoms with van der Waals surface area (Å²) in [4.78, 5) is 28.0. The van der Waals surface area contributed by atoms with Crippen molar-refractivity contribution in [1.82, 2.24) is 14.9 Å². The number of benzene rings is 2. The maximum Gasteiger partial charge on any atom is 0.242 e. The number of aryl methyl sites for hydroxylation is 1. The minimum absolute atomic E-state index is 0.0397. The molecule has 1 atom stereocenters. The fourth-order valence-corrected chi connectivity index (χ4v) is 5.21. The Morgan fingerprint density at radius 2 is 1.71 bits per heavy atom. The van der Waals surface area contributed by atoms with E-state index in [0.717, 1.165) is 24.0 Å². The number of nitrogens with one attached hydrogen (secondary N) is 2. The van der Waals surface area contributed by atoms with E-state index in [0.29, 0.717) is 38.3 Å². The maximum absolute atomic E-state index is 13.4. The molecule has 10 heteroatoms. The highest BCUT2D eigenvalue weighted by atomic mass is 32.2. The van der Waals surface area contributed by atoms with Gasteiger partial charge in [0.05, 0.1) is 12.0 Å². The van der Waals surface area contributed by atoms with Gasteiger partial charge in [0.25, 0.3) is 0 Å². The lowest BCUT2D eigenvalue weighted by atomic mass is 10.1. The van der Waals surface area contributed by atoms with Crippen molar-refractivity contribution in [3.8, 4) is 5.75 Å². The molecule has 38 heavy (non-hydrogen) atoms. The number of carbonyl (C=O) groups is 2. The van der Waals surface area contributed by atoms with E-state index >= 15 is 0 Å². The number of methoxy groups -OCH3 is 1. The SMILES string of the molecule is CCOCCCNC(=O)[C@H](C)N(Cc1ccc(OC)cc1)C(=O)CCc1ccc(S(=O)(=O)NC2CC2)cc1. The monoisotopic (exact) mass is 545 g/mol. The van der Waals surface area contributed by atoms with Crippen molar-refractivity contribution in [1.29, 1.82) is 0 Å². The van der Waals surface area contributed by atoms with Gasteiger partial charge < -0.3 is 19.7 Å². The van der Waals surface area contributed by atoms with Crippen LogP contribution in [0.1, 0.15) is 50.7 Å². The lowest BCUT2D eigenvalue weighted by Gasteiger charge is -2.29. The molecular weight excluding hydrogens is 506 g/mol. The standard InChI is InChI=1S/C28H39N3O6S/c1-4-37-19-5-18-29-28(33)21(2)31(20-23-6-13-25(36-3)14-7-23)27(32)17-10-22-8-15-26(16-9-22)38(34,35)30-24-11-12-24/h6-9,13-16,21,24,30H,4-5,10-12,17-20H2,1-3H3,(H,29,33)/t21-/m0/s1. The molecule has 2 N–H and O–H groups in total. The van der Waals surface area contributed by atoms with Gasteiger partial charge in [0.1, 0.15) is 11.8 Å². The zero-order valence-electron chi connectivity index (χ0n) is 22.4. The number of amides is 2. The Kier molecular flexibility index (Phi) is 11.1. The molecule has 0 aliphatic heterocycles. The summed E-state index contributed by atoms with van der Waals surface area (Å²) in [6.07, 6.45) is 3.05. The molecule has 1 saturated carbocycles. The van der Waals surface area contributed by atoms with Crippen molar-refractivity contribution in [3.05, 3.63) is 59.7 Å². The van der Waals surface area contributed by atoms with Gasteiger partial charge in [0, 0.05) is 38.8 Å². The first-order chi connectivity index (χ1) is 18.2. The normalized spacial score (nSPS) is 14.1. The molecule has 2 amide bonds. The van der Waals surface area contributed by atoms with Gasteiger partial charge in [-0.25, -0.2) is 13.1 Å². The highest BCUT2D eigenvalue weighted by Gasteiger charge is 2.28. The minimum Gasteiger partial charge on any atom is -0.497 e. The van der Waals surface area contributed by atoms with Crippen molar-refractivity contribution in [3.63, 3.8) is 0 Å². The van der Waals surface area contributed by atoms with Crippen LogP contribution in [0, 0.1) is 0 Å². The molecule has 3 rings (SSSR count). The Morgan fingerprint density at radius 1 is 1.05 bits per heavy atom. The van der Waals surface area contributed by atoms with E-state index in [1.165, 1.54) is 0 Å². The van der Waals surface area contributed by atoms with Crippen LogP contribution in [-0.4, -0.2) is 64.1 Å². The fraction of sp³-hybridized carbons (Fsp3) is 0.500. The minimum atomic E-state index is -3.52. The first kappa shape index (κ1) is 29.6. The predicted molar refractivity (Wildman–Crippen MR) is 145 cm³/mol. The lowest BCUT2D eigenvalue weighted by molar-refractivity contribution is -0.140. The van der Waals surface area contributed by atoms with Crippen LogP contribution in [0.15, 0.2) is 53.4 Å². The van der Waals surface area contributed by atoms with E-state index in [4.69, 9.17) is 9.47 Å². The maximum atomic E-state index is 13.4. The number of nitrogens with zero attached hydrogens (tertiary/aromatic N) is 1. The number of hydrogen-bond acceptors (Lipinski definition) is 6. The van der Waals surface area contributed by atoms with Crippen LogP contribution in [0.3, 0.4) is 0 Å². The van der Waals surface area contributed by atoms with Crippen molar-refractivity contribution in [2.75, 3.05) is 26.9 Å². The van der Waals surface area contributed by atoms with Crippen LogP contribution < -0.4 is 14.8 Å². The van der Waals surface area contributed by atoms with Crippen molar-refractivity contribution in [2.24, 2.45) is 0 Å². The number of ether oxygens (including phenoxy) is 2. The third-order valence-corrected chi connectivity index (χ3v) is 7.94. The summed E-state index contributed by atoms with van der Waals surface area (Å²) >= 11 is 0. The smallest absolute Gasteiger partial charge is 0.242 e. The van der Waals surface area contributed by atoms with Gasteiger partial charge >= 0.3 is 0 Å². The van der Waals surface area contributed by atoms with Crippen molar-refractivity contribution < 1.29 is 27.5 Å².